The van der Waals surface area contributed by atoms with Crippen molar-refractivity contribution in [1.29, 1.82) is 0 Å². The number of aromatic nitrogens is 1. The summed E-state index contributed by atoms with van der Waals surface area (Å²) in [6.45, 7) is 1.71. The van der Waals surface area contributed by atoms with Gasteiger partial charge in [-0.3, -0.25) is 10.1 Å². The Labute approximate surface area is 97.0 Å². The molecule has 1 aromatic heterocycles. The zero-order chi connectivity index (χ0) is 12.4. The number of ether oxygens (including phenoxy) is 1. The molecule has 0 atom stereocenters. The van der Waals surface area contributed by atoms with Gasteiger partial charge in [0.25, 0.3) is 5.69 Å². The standard InChI is InChI=1S/C11H10N2O4/c1-7-12-10(11(16-2)17-7)8-3-5-9(6-4-8)13(14)15/h3-6H,1-2H3. The molecule has 0 bridgehead atoms. The SMILES string of the molecule is COc1oc(C)nc1-c1ccc([N+](=O)[O-])cc1. The minimum absolute atomic E-state index is 0.0351. The Kier molecular flexibility index (Phi) is 2.78. The van der Waals surface area contributed by atoms with Gasteiger partial charge in [0, 0.05) is 24.6 Å². The Hall–Kier alpha value is -2.37. The molecule has 6 heteroatoms. The van der Waals surface area contributed by atoms with E-state index in [1.54, 1.807) is 19.1 Å². The summed E-state index contributed by atoms with van der Waals surface area (Å²) in [5, 5.41) is 10.5. The maximum absolute atomic E-state index is 10.5. The van der Waals surface area contributed by atoms with Gasteiger partial charge < -0.3 is 9.15 Å². The van der Waals surface area contributed by atoms with Gasteiger partial charge in [-0.05, 0) is 12.1 Å². The highest BCUT2D eigenvalue weighted by atomic mass is 16.6. The first-order chi connectivity index (χ1) is 8.11. The molecule has 6 nitrogen and oxygen atoms in total. The lowest BCUT2D eigenvalue weighted by Gasteiger charge is -1.98. The second kappa shape index (κ2) is 4.25. The third kappa shape index (κ3) is 2.10. The zero-order valence-electron chi connectivity index (χ0n) is 9.34. The minimum Gasteiger partial charge on any atom is -0.467 e. The van der Waals surface area contributed by atoms with Crippen LogP contribution in [0.25, 0.3) is 11.3 Å². The molecule has 0 aliphatic carbocycles. The van der Waals surface area contributed by atoms with E-state index in [1.807, 2.05) is 0 Å². The van der Waals surface area contributed by atoms with Crippen molar-refractivity contribution >= 4 is 5.69 Å². The first-order valence-corrected chi connectivity index (χ1v) is 4.88. The summed E-state index contributed by atoms with van der Waals surface area (Å²) in [6.07, 6.45) is 0. The predicted molar refractivity (Wildman–Crippen MR) is 59.9 cm³/mol. The van der Waals surface area contributed by atoms with E-state index in [9.17, 15) is 10.1 Å². The average Bonchev–Trinajstić information content (AvgIpc) is 2.70. The van der Waals surface area contributed by atoms with Crippen molar-refractivity contribution in [3.8, 4) is 17.2 Å². The minimum atomic E-state index is -0.449. The van der Waals surface area contributed by atoms with Crippen molar-refractivity contribution in [2.45, 2.75) is 6.92 Å². The van der Waals surface area contributed by atoms with Crippen LogP contribution in [0.2, 0.25) is 0 Å². The molecule has 1 aromatic carbocycles. The number of benzene rings is 1. The van der Waals surface area contributed by atoms with E-state index < -0.39 is 4.92 Å². The fourth-order valence-corrected chi connectivity index (χ4v) is 1.47. The van der Waals surface area contributed by atoms with Crippen molar-refractivity contribution < 1.29 is 14.1 Å². The quantitative estimate of drug-likeness (QED) is 0.602. The first-order valence-electron chi connectivity index (χ1n) is 4.88. The molecule has 88 valence electrons. The second-order valence-electron chi connectivity index (χ2n) is 3.38. The molecule has 0 N–H and O–H groups in total. The molecule has 1 heterocycles. The van der Waals surface area contributed by atoms with Crippen LogP contribution in [-0.2, 0) is 0 Å². The van der Waals surface area contributed by atoms with Crippen LogP contribution in [-0.4, -0.2) is 17.0 Å². The molecule has 0 saturated heterocycles. The molecule has 2 aromatic rings. The van der Waals surface area contributed by atoms with Crippen LogP contribution in [0.15, 0.2) is 28.7 Å². The van der Waals surface area contributed by atoms with Gasteiger partial charge in [-0.1, -0.05) is 0 Å². The largest absolute Gasteiger partial charge is 0.467 e. The molecule has 0 amide bonds. The van der Waals surface area contributed by atoms with Gasteiger partial charge in [-0.2, -0.15) is 0 Å². The van der Waals surface area contributed by atoms with Crippen molar-refractivity contribution in [2.24, 2.45) is 0 Å². The lowest BCUT2D eigenvalue weighted by Crippen LogP contribution is -1.88. The monoisotopic (exact) mass is 234 g/mol. The summed E-state index contributed by atoms with van der Waals surface area (Å²) in [5.41, 5.74) is 1.29. The maximum Gasteiger partial charge on any atom is 0.313 e. The molecule has 0 unspecified atom stereocenters. The highest BCUT2D eigenvalue weighted by Gasteiger charge is 2.14. The predicted octanol–water partition coefficient (Wildman–Crippen LogP) is 2.57. The van der Waals surface area contributed by atoms with Crippen LogP contribution in [0.1, 0.15) is 5.89 Å². The van der Waals surface area contributed by atoms with Crippen LogP contribution in [0.4, 0.5) is 5.69 Å². The molecule has 2 rings (SSSR count). The highest BCUT2D eigenvalue weighted by Crippen LogP contribution is 2.30. The number of hydrogen-bond donors (Lipinski definition) is 0. The van der Waals surface area contributed by atoms with E-state index in [1.165, 1.54) is 19.2 Å². The molecule has 0 radical (unpaired) electrons. The van der Waals surface area contributed by atoms with Crippen LogP contribution in [0.3, 0.4) is 0 Å². The van der Waals surface area contributed by atoms with Crippen LogP contribution in [0.5, 0.6) is 5.95 Å². The van der Waals surface area contributed by atoms with Gasteiger partial charge >= 0.3 is 5.95 Å². The molecule has 17 heavy (non-hydrogen) atoms. The Morgan fingerprint density at radius 2 is 2.00 bits per heavy atom. The van der Waals surface area contributed by atoms with E-state index in [0.717, 1.165) is 0 Å². The van der Waals surface area contributed by atoms with Crippen molar-refractivity contribution in [3.05, 3.63) is 40.3 Å². The third-order valence-electron chi connectivity index (χ3n) is 2.24. The summed E-state index contributed by atoms with van der Waals surface area (Å²) >= 11 is 0. The van der Waals surface area contributed by atoms with Gasteiger partial charge in [0.1, 0.15) is 0 Å². The first kappa shape index (κ1) is 11.1. The van der Waals surface area contributed by atoms with Gasteiger partial charge in [-0.25, -0.2) is 4.98 Å². The fraction of sp³-hybridized carbons (Fsp3) is 0.182. The van der Waals surface area contributed by atoms with Crippen LogP contribution >= 0.6 is 0 Å². The smallest absolute Gasteiger partial charge is 0.313 e. The van der Waals surface area contributed by atoms with Gasteiger partial charge in [0.2, 0.25) is 0 Å². The number of non-ortho nitro benzene ring substituents is 1. The summed E-state index contributed by atoms with van der Waals surface area (Å²) in [5.74, 6) is 0.784. The number of nitro benzene ring substituents is 1. The molecular formula is C11H10N2O4. The molecule has 0 aliphatic rings. The number of rotatable bonds is 3. The molecular weight excluding hydrogens is 224 g/mol. The number of aryl methyl sites for hydroxylation is 1. The van der Waals surface area contributed by atoms with E-state index in [0.29, 0.717) is 23.1 Å². The van der Waals surface area contributed by atoms with Gasteiger partial charge in [0.05, 0.1) is 12.0 Å². The molecule has 0 aliphatic heterocycles. The number of nitrogens with zero attached hydrogens (tertiary/aromatic N) is 2. The van der Waals surface area contributed by atoms with Gasteiger partial charge in [0.15, 0.2) is 11.6 Å². The van der Waals surface area contributed by atoms with E-state index in [2.05, 4.69) is 4.98 Å². The Balaban J connectivity index is 2.42. The van der Waals surface area contributed by atoms with Crippen LogP contribution in [0, 0.1) is 17.0 Å². The average molecular weight is 234 g/mol. The number of methoxy groups -OCH3 is 1. The summed E-state index contributed by atoms with van der Waals surface area (Å²) in [6, 6.07) is 6.05. The molecule has 0 fully saturated rings. The number of oxazole rings is 1. The van der Waals surface area contributed by atoms with Crippen molar-refractivity contribution in [3.63, 3.8) is 0 Å². The Morgan fingerprint density at radius 3 is 2.53 bits per heavy atom. The van der Waals surface area contributed by atoms with E-state index in [-0.39, 0.29) is 5.69 Å². The summed E-state index contributed by atoms with van der Waals surface area (Å²) in [4.78, 5) is 14.2. The van der Waals surface area contributed by atoms with E-state index >= 15 is 0 Å². The normalized spacial score (nSPS) is 10.2. The summed E-state index contributed by atoms with van der Waals surface area (Å²) < 4.78 is 10.3. The Bertz CT molecular complexity index is 545. The topological polar surface area (TPSA) is 78.4 Å². The Morgan fingerprint density at radius 1 is 1.35 bits per heavy atom. The lowest BCUT2D eigenvalue weighted by atomic mass is 10.1. The molecule has 0 saturated carbocycles. The number of hydrogen-bond acceptors (Lipinski definition) is 5. The van der Waals surface area contributed by atoms with E-state index in [4.69, 9.17) is 9.15 Å². The zero-order valence-corrected chi connectivity index (χ0v) is 9.34. The highest BCUT2D eigenvalue weighted by molar-refractivity contribution is 5.65. The molecule has 0 spiro atoms. The lowest BCUT2D eigenvalue weighted by molar-refractivity contribution is -0.384. The number of nitro groups is 1. The second-order valence-corrected chi connectivity index (χ2v) is 3.38. The third-order valence-corrected chi connectivity index (χ3v) is 2.24. The van der Waals surface area contributed by atoms with Gasteiger partial charge in [-0.15, -0.1) is 0 Å². The maximum atomic E-state index is 10.5. The van der Waals surface area contributed by atoms with Crippen molar-refractivity contribution in [2.75, 3.05) is 7.11 Å². The fourth-order valence-electron chi connectivity index (χ4n) is 1.47. The summed E-state index contributed by atoms with van der Waals surface area (Å²) in [7, 11) is 1.48. The van der Waals surface area contributed by atoms with Crippen LogP contribution < -0.4 is 4.74 Å². The van der Waals surface area contributed by atoms with Crippen molar-refractivity contribution in [1.82, 2.24) is 4.98 Å².